The molecule has 7 heteroatoms. The van der Waals surface area contributed by atoms with Crippen molar-refractivity contribution in [2.24, 2.45) is 5.92 Å². The van der Waals surface area contributed by atoms with Crippen molar-refractivity contribution in [2.45, 2.75) is 37.6 Å². The fourth-order valence-electron chi connectivity index (χ4n) is 3.96. The Morgan fingerprint density at radius 1 is 1.06 bits per heavy atom. The van der Waals surface area contributed by atoms with Crippen LogP contribution in [0, 0.1) is 19.8 Å². The number of carbonyl (C=O) groups is 1. The molecule has 0 aliphatic carbocycles. The van der Waals surface area contributed by atoms with Crippen molar-refractivity contribution in [1.82, 2.24) is 14.5 Å². The highest BCUT2D eigenvalue weighted by molar-refractivity contribution is 7.89. The third-order valence-corrected chi connectivity index (χ3v) is 7.90. The predicted molar refractivity (Wildman–Crippen MR) is 123 cm³/mol. The zero-order valence-corrected chi connectivity index (χ0v) is 19.7. The van der Waals surface area contributed by atoms with Gasteiger partial charge in [-0.05, 0) is 69.6 Å². The number of piperidine rings is 1. The second-order valence-corrected chi connectivity index (χ2v) is 10.6. The Morgan fingerprint density at radius 3 is 2.29 bits per heavy atom. The number of carbonyl (C=O) groups excluding carboxylic acids is 1. The summed E-state index contributed by atoms with van der Waals surface area (Å²) >= 11 is 0. The Hall–Kier alpha value is -2.22. The number of benzene rings is 2. The number of nitrogens with zero attached hydrogens (tertiary/aromatic N) is 2. The van der Waals surface area contributed by atoms with Crippen molar-refractivity contribution in [1.29, 1.82) is 0 Å². The lowest BCUT2D eigenvalue weighted by Crippen LogP contribution is -2.44. The predicted octanol–water partition coefficient (Wildman–Crippen LogP) is 3.12. The normalized spacial score (nSPS) is 16.9. The van der Waals surface area contributed by atoms with Gasteiger partial charge in [0.1, 0.15) is 0 Å². The summed E-state index contributed by atoms with van der Waals surface area (Å²) in [6, 6.07) is 15.1. The zero-order chi connectivity index (χ0) is 22.6. The molecule has 0 saturated carbocycles. The van der Waals surface area contributed by atoms with E-state index in [4.69, 9.17) is 0 Å². The molecule has 31 heavy (non-hydrogen) atoms. The van der Waals surface area contributed by atoms with Crippen molar-refractivity contribution in [3.8, 4) is 0 Å². The second kappa shape index (κ2) is 9.94. The molecule has 1 unspecified atom stereocenters. The summed E-state index contributed by atoms with van der Waals surface area (Å²) in [4.78, 5) is 15.4. The molecule has 0 aromatic heterocycles. The smallest absolute Gasteiger partial charge is 0.243 e. The molecule has 0 spiro atoms. The third kappa shape index (κ3) is 5.73. The minimum atomic E-state index is -3.54. The lowest BCUT2D eigenvalue weighted by atomic mass is 9.96. The van der Waals surface area contributed by atoms with E-state index in [9.17, 15) is 13.2 Å². The Morgan fingerprint density at radius 2 is 1.71 bits per heavy atom. The number of rotatable bonds is 7. The minimum absolute atomic E-state index is 0.000989. The molecule has 1 saturated heterocycles. The van der Waals surface area contributed by atoms with Gasteiger partial charge in [0, 0.05) is 25.6 Å². The summed E-state index contributed by atoms with van der Waals surface area (Å²) < 4.78 is 27.6. The Labute approximate surface area is 186 Å². The summed E-state index contributed by atoms with van der Waals surface area (Å²) in [5.41, 5.74) is 3.10. The van der Waals surface area contributed by atoms with Crippen LogP contribution in [0.1, 0.15) is 35.6 Å². The van der Waals surface area contributed by atoms with E-state index in [1.807, 2.05) is 64.3 Å². The Bertz CT molecular complexity index is 998. The molecule has 1 atom stereocenters. The van der Waals surface area contributed by atoms with E-state index < -0.39 is 10.0 Å². The SMILES string of the molecule is Cc1ccc(S(=O)(=O)N2CCC(C(=O)NC(CN(C)C)c3ccccc3)CC2)cc1C. The number of aryl methyl sites for hydroxylation is 2. The molecule has 1 heterocycles. The van der Waals surface area contributed by atoms with E-state index >= 15 is 0 Å². The number of sulfonamides is 1. The van der Waals surface area contributed by atoms with Crippen LogP contribution in [0.5, 0.6) is 0 Å². The summed E-state index contributed by atoms with van der Waals surface area (Å²) in [6.07, 6.45) is 1.05. The maximum Gasteiger partial charge on any atom is 0.243 e. The number of likely N-dealkylation sites (N-methyl/N-ethyl adjacent to an activating group) is 1. The van der Waals surface area contributed by atoms with Gasteiger partial charge in [-0.3, -0.25) is 4.79 Å². The first-order chi connectivity index (χ1) is 14.7. The summed E-state index contributed by atoms with van der Waals surface area (Å²) in [7, 11) is 0.431. The van der Waals surface area contributed by atoms with Gasteiger partial charge >= 0.3 is 0 Å². The number of amides is 1. The monoisotopic (exact) mass is 443 g/mol. The maximum atomic E-state index is 13.0. The van der Waals surface area contributed by atoms with Gasteiger partial charge in [-0.1, -0.05) is 36.4 Å². The van der Waals surface area contributed by atoms with Crippen LogP contribution in [0.15, 0.2) is 53.4 Å². The summed E-state index contributed by atoms with van der Waals surface area (Å²) in [5, 5.41) is 3.18. The van der Waals surface area contributed by atoms with Gasteiger partial charge in [0.05, 0.1) is 10.9 Å². The molecule has 1 aliphatic rings. The van der Waals surface area contributed by atoms with Crippen LogP contribution in [0.2, 0.25) is 0 Å². The van der Waals surface area contributed by atoms with Crippen molar-refractivity contribution in [3.63, 3.8) is 0 Å². The van der Waals surface area contributed by atoms with Crippen molar-refractivity contribution < 1.29 is 13.2 Å². The third-order valence-electron chi connectivity index (χ3n) is 6.01. The molecular formula is C24H33N3O3S. The lowest BCUT2D eigenvalue weighted by molar-refractivity contribution is -0.127. The molecule has 168 valence electrons. The highest BCUT2D eigenvalue weighted by atomic mass is 32.2. The molecule has 2 aromatic carbocycles. The van der Waals surface area contributed by atoms with Gasteiger partial charge in [0.15, 0.2) is 0 Å². The molecule has 1 N–H and O–H groups in total. The van der Waals surface area contributed by atoms with Gasteiger partial charge in [0.2, 0.25) is 15.9 Å². The Kier molecular flexibility index (Phi) is 7.51. The van der Waals surface area contributed by atoms with Crippen molar-refractivity contribution in [3.05, 3.63) is 65.2 Å². The van der Waals surface area contributed by atoms with Gasteiger partial charge in [-0.15, -0.1) is 0 Å². The molecule has 1 amide bonds. The van der Waals surface area contributed by atoms with Gasteiger partial charge < -0.3 is 10.2 Å². The molecule has 1 fully saturated rings. The van der Waals surface area contributed by atoms with Crippen LogP contribution in [0.3, 0.4) is 0 Å². The first-order valence-corrected chi connectivity index (χ1v) is 12.2. The molecule has 2 aromatic rings. The average Bonchev–Trinajstić information content (AvgIpc) is 2.75. The average molecular weight is 444 g/mol. The first kappa shape index (κ1) is 23.4. The van der Waals surface area contributed by atoms with Gasteiger partial charge in [-0.2, -0.15) is 4.31 Å². The van der Waals surface area contributed by atoms with E-state index in [-0.39, 0.29) is 17.9 Å². The summed E-state index contributed by atoms with van der Waals surface area (Å²) in [5.74, 6) is -0.182. The topological polar surface area (TPSA) is 69.7 Å². The van der Waals surface area contributed by atoms with Crippen molar-refractivity contribution >= 4 is 15.9 Å². The minimum Gasteiger partial charge on any atom is -0.348 e. The lowest BCUT2D eigenvalue weighted by Gasteiger charge is -2.32. The molecular weight excluding hydrogens is 410 g/mol. The molecule has 6 nitrogen and oxygen atoms in total. The second-order valence-electron chi connectivity index (χ2n) is 8.66. The highest BCUT2D eigenvalue weighted by Crippen LogP contribution is 2.26. The van der Waals surface area contributed by atoms with E-state index in [0.29, 0.717) is 37.4 Å². The van der Waals surface area contributed by atoms with Crippen LogP contribution >= 0.6 is 0 Å². The summed E-state index contributed by atoms with van der Waals surface area (Å²) in [6.45, 7) is 5.31. The molecule has 1 aliphatic heterocycles. The van der Waals surface area contributed by atoms with E-state index in [1.165, 1.54) is 4.31 Å². The number of hydrogen-bond donors (Lipinski definition) is 1. The van der Waals surface area contributed by atoms with Crippen LogP contribution in [0.25, 0.3) is 0 Å². The molecule has 0 radical (unpaired) electrons. The fourth-order valence-corrected chi connectivity index (χ4v) is 5.51. The van der Waals surface area contributed by atoms with Crippen LogP contribution < -0.4 is 5.32 Å². The first-order valence-electron chi connectivity index (χ1n) is 10.8. The van der Waals surface area contributed by atoms with Crippen LogP contribution in [0.4, 0.5) is 0 Å². The van der Waals surface area contributed by atoms with Crippen LogP contribution in [-0.2, 0) is 14.8 Å². The van der Waals surface area contributed by atoms with Gasteiger partial charge in [-0.25, -0.2) is 8.42 Å². The van der Waals surface area contributed by atoms with Crippen molar-refractivity contribution in [2.75, 3.05) is 33.7 Å². The fraction of sp³-hybridized carbons (Fsp3) is 0.458. The number of nitrogens with one attached hydrogen (secondary N) is 1. The quantitative estimate of drug-likeness (QED) is 0.714. The van der Waals surface area contributed by atoms with E-state index in [0.717, 1.165) is 16.7 Å². The highest BCUT2D eigenvalue weighted by Gasteiger charge is 2.33. The zero-order valence-electron chi connectivity index (χ0n) is 18.8. The molecule has 3 rings (SSSR count). The Balaban J connectivity index is 1.64. The molecule has 0 bridgehead atoms. The maximum absolute atomic E-state index is 13.0. The standard InChI is InChI=1S/C24H33N3O3S/c1-18-10-11-22(16-19(18)2)31(29,30)27-14-12-21(13-15-27)24(28)25-23(17-26(3)4)20-8-6-5-7-9-20/h5-11,16,21,23H,12-15,17H2,1-4H3,(H,25,28). The van der Waals surface area contributed by atoms with Crippen LogP contribution in [-0.4, -0.2) is 57.3 Å². The van der Waals surface area contributed by atoms with E-state index in [1.54, 1.807) is 12.1 Å². The largest absolute Gasteiger partial charge is 0.348 e. The van der Waals surface area contributed by atoms with Gasteiger partial charge in [0.25, 0.3) is 0 Å². The van der Waals surface area contributed by atoms with E-state index in [2.05, 4.69) is 10.2 Å². The number of hydrogen-bond acceptors (Lipinski definition) is 4.